The van der Waals surface area contributed by atoms with E-state index in [0.717, 1.165) is 0 Å². The predicted molar refractivity (Wildman–Crippen MR) is 102 cm³/mol. The van der Waals surface area contributed by atoms with E-state index in [0.29, 0.717) is 51.4 Å². The van der Waals surface area contributed by atoms with Crippen molar-refractivity contribution in [3.63, 3.8) is 0 Å². The van der Waals surface area contributed by atoms with Gasteiger partial charge >= 0.3 is 5.97 Å². The summed E-state index contributed by atoms with van der Waals surface area (Å²) in [5.41, 5.74) is -4.77. The molecule has 29 heavy (non-hydrogen) atoms. The molecule has 5 rings (SSSR count). The van der Waals surface area contributed by atoms with Crippen molar-refractivity contribution in [2.75, 3.05) is 6.61 Å². The van der Waals surface area contributed by atoms with E-state index < -0.39 is 39.8 Å². The second kappa shape index (κ2) is 5.94. The smallest absolute Gasteiger partial charge is 0.306 e. The number of fused-ring (bicyclic) bond motifs is 6. The molecular formula is C22H34O7. The Kier molecular flexibility index (Phi) is 4.14. The third-order valence-electron chi connectivity index (χ3n) is 10.3. The molecular weight excluding hydrogens is 376 g/mol. The van der Waals surface area contributed by atoms with Crippen LogP contribution in [0.25, 0.3) is 0 Å². The molecule has 0 bridgehead atoms. The molecule has 6 unspecified atom stereocenters. The van der Waals surface area contributed by atoms with Gasteiger partial charge in [-0.1, -0.05) is 6.92 Å². The summed E-state index contributed by atoms with van der Waals surface area (Å²) in [5, 5.41) is 55.4. The van der Waals surface area contributed by atoms with Gasteiger partial charge in [-0.15, -0.1) is 0 Å². The minimum atomic E-state index is -1.35. The van der Waals surface area contributed by atoms with E-state index in [1.54, 1.807) is 0 Å². The van der Waals surface area contributed by atoms with Crippen LogP contribution in [0.4, 0.5) is 0 Å². The molecule has 5 aliphatic rings. The van der Waals surface area contributed by atoms with Crippen LogP contribution in [-0.2, 0) is 9.53 Å². The SMILES string of the molecule is C[C@]12CCC3C(CCC4(O)CC(O)CC(O)[C@]34CO)C1(O)CC[C@@]21CCC(=O)O1. The Morgan fingerprint density at radius 2 is 1.76 bits per heavy atom. The maximum absolute atomic E-state index is 12.1. The van der Waals surface area contributed by atoms with Crippen molar-refractivity contribution >= 4 is 5.97 Å². The molecule has 4 saturated carbocycles. The third kappa shape index (κ3) is 2.14. The molecule has 4 aliphatic carbocycles. The Balaban J connectivity index is 1.57. The van der Waals surface area contributed by atoms with Gasteiger partial charge in [0.05, 0.1) is 35.4 Å². The number of ether oxygens (including phenoxy) is 1. The summed E-state index contributed by atoms with van der Waals surface area (Å²) >= 11 is 0. The summed E-state index contributed by atoms with van der Waals surface area (Å²) in [6.45, 7) is 1.67. The zero-order valence-electron chi connectivity index (χ0n) is 17.1. The van der Waals surface area contributed by atoms with Crippen LogP contribution in [0.15, 0.2) is 0 Å². The molecule has 7 nitrogen and oxygen atoms in total. The molecule has 1 saturated heterocycles. The minimum Gasteiger partial charge on any atom is -0.458 e. The largest absolute Gasteiger partial charge is 0.458 e. The third-order valence-corrected chi connectivity index (χ3v) is 10.3. The van der Waals surface area contributed by atoms with E-state index in [1.807, 2.05) is 6.92 Å². The second-order valence-electron chi connectivity index (χ2n) is 10.9. The standard InChI is InChI=1S/C22H34O7/c1-18-5-2-14-15(22(18,28)9-8-20(18)7-4-17(26)29-20)3-6-19(27)11-13(24)10-16(25)21(14,19)12-23/h13-16,23-25,27-28H,2-12H2,1H3/t13?,14?,15?,16?,18-,19?,20+,21+,22?/m1/s1. The number of aliphatic hydroxyl groups excluding tert-OH is 3. The molecule has 1 spiro atoms. The molecule has 0 radical (unpaired) electrons. The first-order chi connectivity index (χ1) is 13.6. The summed E-state index contributed by atoms with van der Waals surface area (Å²) in [6, 6.07) is 0. The Hall–Kier alpha value is -0.730. The lowest BCUT2D eigenvalue weighted by atomic mass is 9.40. The van der Waals surface area contributed by atoms with E-state index in [2.05, 4.69) is 0 Å². The first-order valence-corrected chi connectivity index (χ1v) is 11.2. The average molecular weight is 411 g/mol. The summed E-state index contributed by atoms with van der Waals surface area (Å²) in [5.74, 6) is -0.643. The van der Waals surface area contributed by atoms with Crippen LogP contribution in [0.5, 0.6) is 0 Å². The average Bonchev–Trinajstić information content (AvgIpc) is 3.14. The summed E-state index contributed by atoms with van der Waals surface area (Å²) in [4.78, 5) is 12.0. The Bertz CT molecular complexity index is 728. The van der Waals surface area contributed by atoms with Crippen LogP contribution in [0.1, 0.15) is 71.1 Å². The van der Waals surface area contributed by atoms with Crippen LogP contribution < -0.4 is 0 Å². The first kappa shape index (κ1) is 20.2. The van der Waals surface area contributed by atoms with E-state index in [-0.39, 0.29) is 37.3 Å². The highest BCUT2D eigenvalue weighted by Gasteiger charge is 2.77. The Morgan fingerprint density at radius 1 is 1.03 bits per heavy atom. The van der Waals surface area contributed by atoms with Gasteiger partial charge in [0.15, 0.2) is 0 Å². The molecule has 164 valence electrons. The van der Waals surface area contributed by atoms with Gasteiger partial charge in [0.25, 0.3) is 0 Å². The van der Waals surface area contributed by atoms with Gasteiger partial charge in [0, 0.05) is 24.7 Å². The molecule has 0 aromatic rings. The van der Waals surface area contributed by atoms with Gasteiger partial charge < -0.3 is 30.3 Å². The summed E-state index contributed by atoms with van der Waals surface area (Å²) < 4.78 is 5.86. The lowest BCUT2D eigenvalue weighted by Gasteiger charge is -2.67. The number of carbonyl (C=O) groups is 1. The summed E-state index contributed by atoms with van der Waals surface area (Å²) in [6.07, 6.45) is 2.77. The highest BCUT2D eigenvalue weighted by atomic mass is 16.6. The van der Waals surface area contributed by atoms with Crippen LogP contribution >= 0.6 is 0 Å². The zero-order valence-corrected chi connectivity index (χ0v) is 17.1. The molecule has 0 aromatic carbocycles. The van der Waals surface area contributed by atoms with Crippen LogP contribution in [0.3, 0.4) is 0 Å². The summed E-state index contributed by atoms with van der Waals surface area (Å²) in [7, 11) is 0. The highest BCUT2D eigenvalue weighted by molar-refractivity contribution is 5.72. The topological polar surface area (TPSA) is 127 Å². The van der Waals surface area contributed by atoms with Crippen molar-refractivity contribution in [3.05, 3.63) is 0 Å². The molecule has 7 heteroatoms. The lowest BCUT2D eigenvalue weighted by molar-refractivity contribution is -0.303. The van der Waals surface area contributed by atoms with Gasteiger partial charge in [-0.3, -0.25) is 4.79 Å². The number of aliphatic hydroxyl groups is 5. The predicted octanol–water partition coefficient (Wildman–Crippen LogP) is 0.639. The fourth-order valence-electron chi connectivity index (χ4n) is 8.73. The van der Waals surface area contributed by atoms with E-state index >= 15 is 0 Å². The lowest BCUT2D eigenvalue weighted by Crippen LogP contribution is -2.73. The first-order valence-electron chi connectivity index (χ1n) is 11.2. The Labute approximate surface area is 171 Å². The maximum Gasteiger partial charge on any atom is 0.306 e. The number of carbonyl (C=O) groups excluding carboxylic acids is 1. The normalized spacial score (nSPS) is 59.2. The van der Waals surface area contributed by atoms with Crippen molar-refractivity contribution in [1.82, 2.24) is 0 Å². The second-order valence-corrected chi connectivity index (χ2v) is 10.9. The molecule has 1 aliphatic heterocycles. The van der Waals surface area contributed by atoms with Crippen molar-refractivity contribution in [3.8, 4) is 0 Å². The monoisotopic (exact) mass is 410 g/mol. The van der Waals surface area contributed by atoms with Crippen molar-refractivity contribution < 1.29 is 35.1 Å². The minimum absolute atomic E-state index is 0.128. The molecule has 1 heterocycles. The van der Waals surface area contributed by atoms with Crippen molar-refractivity contribution in [1.29, 1.82) is 0 Å². The number of hydrogen-bond acceptors (Lipinski definition) is 7. The fourth-order valence-corrected chi connectivity index (χ4v) is 8.73. The number of esters is 1. The van der Waals surface area contributed by atoms with Crippen LogP contribution in [0.2, 0.25) is 0 Å². The Morgan fingerprint density at radius 3 is 2.41 bits per heavy atom. The number of hydrogen-bond donors (Lipinski definition) is 5. The van der Waals surface area contributed by atoms with Crippen molar-refractivity contribution in [2.45, 2.75) is 100 Å². The van der Waals surface area contributed by atoms with Crippen LogP contribution in [-0.4, -0.2) is 67.1 Å². The van der Waals surface area contributed by atoms with Gasteiger partial charge in [0.1, 0.15) is 5.60 Å². The molecule has 0 amide bonds. The zero-order chi connectivity index (χ0) is 20.9. The van der Waals surface area contributed by atoms with Crippen molar-refractivity contribution in [2.24, 2.45) is 22.7 Å². The van der Waals surface area contributed by atoms with E-state index in [4.69, 9.17) is 4.74 Å². The van der Waals surface area contributed by atoms with E-state index in [9.17, 15) is 30.3 Å². The highest BCUT2D eigenvalue weighted by Crippen LogP contribution is 2.72. The van der Waals surface area contributed by atoms with Gasteiger partial charge in [-0.2, -0.15) is 0 Å². The molecule has 9 atom stereocenters. The maximum atomic E-state index is 12.1. The molecule has 5 fully saturated rings. The van der Waals surface area contributed by atoms with Crippen LogP contribution in [0, 0.1) is 22.7 Å². The van der Waals surface area contributed by atoms with Gasteiger partial charge in [-0.25, -0.2) is 0 Å². The molecule has 5 N–H and O–H groups in total. The quantitative estimate of drug-likeness (QED) is 0.401. The van der Waals surface area contributed by atoms with Gasteiger partial charge in [0.2, 0.25) is 0 Å². The fraction of sp³-hybridized carbons (Fsp3) is 0.955. The molecule has 0 aromatic heterocycles. The van der Waals surface area contributed by atoms with Gasteiger partial charge in [-0.05, 0) is 56.8 Å². The number of rotatable bonds is 1. The van der Waals surface area contributed by atoms with E-state index in [1.165, 1.54) is 0 Å².